The van der Waals surface area contributed by atoms with Crippen molar-refractivity contribution in [2.75, 3.05) is 12.3 Å². The van der Waals surface area contributed by atoms with Gasteiger partial charge in [-0.1, -0.05) is 6.07 Å². The van der Waals surface area contributed by atoms with Gasteiger partial charge in [-0.05, 0) is 31.9 Å². The van der Waals surface area contributed by atoms with Crippen molar-refractivity contribution in [2.24, 2.45) is 0 Å². The zero-order valence-corrected chi connectivity index (χ0v) is 13.2. The molecule has 1 aromatic heterocycles. The molecule has 116 valence electrons. The average Bonchev–Trinajstić information content (AvgIpc) is 2.95. The van der Waals surface area contributed by atoms with Gasteiger partial charge in [-0.15, -0.1) is 0 Å². The van der Waals surface area contributed by atoms with E-state index in [1.807, 2.05) is 18.2 Å². The number of nitrogens with zero attached hydrogens (tertiary/aromatic N) is 2. The Balaban J connectivity index is 2.21. The second-order valence-corrected chi connectivity index (χ2v) is 7.34. The molecule has 6 nitrogen and oxygen atoms in total. The number of hydrogen-bond acceptors (Lipinski definition) is 4. The number of pyridine rings is 1. The Morgan fingerprint density at radius 2 is 2.24 bits per heavy atom. The molecule has 1 N–H and O–H groups in total. The third-order valence-electron chi connectivity index (χ3n) is 3.61. The predicted octanol–water partition coefficient (Wildman–Crippen LogP) is 1.20. The van der Waals surface area contributed by atoms with Crippen LogP contribution in [0.15, 0.2) is 18.2 Å². The van der Waals surface area contributed by atoms with Crippen molar-refractivity contribution in [3.8, 4) is 0 Å². The highest BCUT2D eigenvalue weighted by molar-refractivity contribution is 7.89. The first-order chi connectivity index (χ1) is 9.94. The van der Waals surface area contributed by atoms with Gasteiger partial charge in [0.2, 0.25) is 15.9 Å². The Labute approximate surface area is 125 Å². The Kier molecular flexibility index (Phi) is 4.95. The first-order valence-corrected chi connectivity index (χ1v) is 8.74. The highest BCUT2D eigenvalue weighted by atomic mass is 32.2. The Hall–Kier alpha value is -1.47. The summed E-state index contributed by atoms with van der Waals surface area (Å²) >= 11 is 0. The molecule has 0 bridgehead atoms. The van der Waals surface area contributed by atoms with E-state index >= 15 is 0 Å². The maximum absolute atomic E-state index is 12.1. The quantitative estimate of drug-likeness (QED) is 0.886. The van der Waals surface area contributed by atoms with Crippen LogP contribution in [0, 0.1) is 0 Å². The van der Waals surface area contributed by atoms with Crippen molar-refractivity contribution >= 4 is 15.9 Å². The summed E-state index contributed by atoms with van der Waals surface area (Å²) in [5, 5.41) is 2.70. The molecule has 2 rings (SSSR count). The summed E-state index contributed by atoms with van der Waals surface area (Å²) in [5.74, 6) is -0.00649. The van der Waals surface area contributed by atoms with Crippen molar-refractivity contribution in [3.63, 3.8) is 0 Å². The first kappa shape index (κ1) is 15.9. The Bertz CT molecular complexity index is 616. The lowest BCUT2D eigenvalue weighted by Crippen LogP contribution is -2.32. The van der Waals surface area contributed by atoms with Crippen LogP contribution < -0.4 is 5.32 Å². The van der Waals surface area contributed by atoms with Gasteiger partial charge in [0.05, 0.1) is 29.7 Å². The third-order valence-corrected chi connectivity index (χ3v) is 5.50. The topological polar surface area (TPSA) is 79.4 Å². The zero-order valence-electron chi connectivity index (χ0n) is 12.4. The maximum atomic E-state index is 12.1. The SMILES string of the molecule is CCS(=O)(=O)N1CCCC1c1cccc(CNC(C)=O)n1. The fourth-order valence-corrected chi connectivity index (χ4v) is 3.87. The molecule has 1 atom stereocenters. The molecule has 7 heteroatoms. The number of aromatic nitrogens is 1. The van der Waals surface area contributed by atoms with Crippen LogP contribution in [0.2, 0.25) is 0 Å². The number of amides is 1. The molecule has 1 saturated heterocycles. The number of carbonyl (C=O) groups is 1. The fourth-order valence-electron chi connectivity index (χ4n) is 2.53. The number of hydrogen-bond donors (Lipinski definition) is 1. The smallest absolute Gasteiger partial charge is 0.217 e. The van der Waals surface area contributed by atoms with E-state index < -0.39 is 10.0 Å². The van der Waals surface area contributed by atoms with Crippen molar-refractivity contribution in [1.82, 2.24) is 14.6 Å². The highest BCUT2D eigenvalue weighted by Crippen LogP contribution is 2.33. The second-order valence-electron chi connectivity index (χ2n) is 5.13. The molecule has 0 radical (unpaired) electrons. The summed E-state index contributed by atoms with van der Waals surface area (Å²) in [4.78, 5) is 15.5. The standard InChI is InChI=1S/C14H21N3O3S/c1-3-21(19,20)17-9-5-8-14(17)13-7-4-6-12(16-13)10-15-11(2)18/h4,6-7,14H,3,5,8-10H2,1-2H3,(H,15,18). The van der Waals surface area contributed by atoms with E-state index in [9.17, 15) is 13.2 Å². The maximum Gasteiger partial charge on any atom is 0.217 e. The van der Waals surface area contributed by atoms with E-state index in [4.69, 9.17) is 0 Å². The largest absolute Gasteiger partial charge is 0.351 e. The van der Waals surface area contributed by atoms with Crippen molar-refractivity contribution in [3.05, 3.63) is 29.6 Å². The first-order valence-electron chi connectivity index (χ1n) is 7.14. The Morgan fingerprint density at radius 3 is 2.90 bits per heavy atom. The van der Waals surface area contributed by atoms with Crippen molar-refractivity contribution in [1.29, 1.82) is 0 Å². The van der Waals surface area contributed by atoms with Gasteiger partial charge >= 0.3 is 0 Å². The highest BCUT2D eigenvalue weighted by Gasteiger charge is 2.34. The van der Waals surface area contributed by atoms with Gasteiger partial charge in [-0.3, -0.25) is 9.78 Å². The molecule has 1 aliphatic heterocycles. The van der Waals surface area contributed by atoms with Gasteiger partial charge in [0.1, 0.15) is 0 Å². The van der Waals surface area contributed by atoms with Crippen LogP contribution in [0.5, 0.6) is 0 Å². The van der Waals surface area contributed by atoms with E-state index in [0.29, 0.717) is 13.1 Å². The van der Waals surface area contributed by atoms with Crippen LogP contribution in [-0.4, -0.2) is 35.9 Å². The van der Waals surface area contributed by atoms with Gasteiger partial charge in [0.25, 0.3) is 0 Å². The lowest BCUT2D eigenvalue weighted by molar-refractivity contribution is -0.119. The van der Waals surface area contributed by atoms with Crippen LogP contribution in [0.25, 0.3) is 0 Å². The van der Waals surface area contributed by atoms with Crippen molar-refractivity contribution < 1.29 is 13.2 Å². The average molecular weight is 311 g/mol. The summed E-state index contributed by atoms with van der Waals surface area (Å²) in [6, 6.07) is 5.35. The number of rotatable bonds is 5. The molecule has 0 saturated carbocycles. The van der Waals surface area contributed by atoms with Gasteiger partial charge < -0.3 is 5.32 Å². The predicted molar refractivity (Wildman–Crippen MR) is 79.9 cm³/mol. The summed E-state index contributed by atoms with van der Waals surface area (Å²) in [5.41, 5.74) is 1.50. The molecule has 1 unspecified atom stereocenters. The number of carbonyl (C=O) groups excluding carboxylic acids is 1. The van der Waals surface area contributed by atoms with Crippen LogP contribution >= 0.6 is 0 Å². The van der Waals surface area contributed by atoms with Crippen molar-refractivity contribution in [2.45, 2.75) is 39.3 Å². The molecule has 1 aliphatic rings. The fraction of sp³-hybridized carbons (Fsp3) is 0.571. The van der Waals surface area contributed by atoms with E-state index in [-0.39, 0.29) is 17.7 Å². The monoisotopic (exact) mass is 311 g/mol. The lowest BCUT2D eigenvalue weighted by Gasteiger charge is -2.23. The Morgan fingerprint density at radius 1 is 1.48 bits per heavy atom. The van der Waals surface area contributed by atoms with E-state index in [1.165, 1.54) is 6.92 Å². The zero-order chi connectivity index (χ0) is 15.5. The molecule has 1 amide bonds. The summed E-state index contributed by atoms with van der Waals surface area (Å²) in [7, 11) is -3.21. The summed E-state index contributed by atoms with van der Waals surface area (Å²) in [6.45, 7) is 4.02. The summed E-state index contributed by atoms with van der Waals surface area (Å²) < 4.78 is 25.8. The minimum absolute atomic E-state index is 0.106. The van der Waals surface area contributed by atoms with Gasteiger partial charge in [-0.2, -0.15) is 4.31 Å². The minimum Gasteiger partial charge on any atom is -0.351 e. The van der Waals surface area contributed by atoms with Gasteiger partial charge in [0.15, 0.2) is 0 Å². The van der Waals surface area contributed by atoms with Crippen LogP contribution in [0.4, 0.5) is 0 Å². The lowest BCUT2D eigenvalue weighted by atomic mass is 10.1. The normalized spacial score (nSPS) is 19.6. The molecule has 0 aromatic carbocycles. The van der Waals surface area contributed by atoms with Crippen LogP contribution in [0.3, 0.4) is 0 Å². The van der Waals surface area contributed by atoms with Gasteiger partial charge in [0, 0.05) is 13.5 Å². The van der Waals surface area contributed by atoms with E-state index in [0.717, 1.165) is 24.2 Å². The number of sulfonamides is 1. The van der Waals surface area contributed by atoms with Crippen LogP contribution in [-0.2, 0) is 21.4 Å². The molecule has 1 aromatic rings. The van der Waals surface area contributed by atoms with E-state index in [1.54, 1.807) is 11.2 Å². The summed E-state index contributed by atoms with van der Waals surface area (Å²) in [6.07, 6.45) is 1.64. The second kappa shape index (κ2) is 6.53. The molecule has 1 fully saturated rings. The minimum atomic E-state index is -3.21. The molecule has 2 heterocycles. The van der Waals surface area contributed by atoms with Crippen LogP contribution in [0.1, 0.15) is 44.1 Å². The number of nitrogens with one attached hydrogen (secondary N) is 1. The van der Waals surface area contributed by atoms with Gasteiger partial charge in [-0.25, -0.2) is 8.42 Å². The van der Waals surface area contributed by atoms with E-state index in [2.05, 4.69) is 10.3 Å². The molecular weight excluding hydrogens is 290 g/mol. The molecule has 21 heavy (non-hydrogen) atoms. The third kappa shape index (κ3) is 3.79. The molecule has 0 aliphatic carbocycles. The molecular formula is C14H21N3O3S. The molecule has 0 spiro atoms.